The number of hydrogen-bond donors (Lipinski definition) is 1. The molecule has 0 bridgehead atoms. The summed E-state index contributed by atoms with van der Waals surface area (Å²) in [6.45, 7) is 3.28. The van der Waals surface area contributed by atoms with E-state index in [1.165, 1.54) is 0 Å². The number of anilines is 1. The maximum Gasteiger partial charge on any atom is 0.416 e. The number of hydrogen-bond acceptors (Lipinski definition) is 5. The number of rotatable bonds is 4. The first-order valence-corrected chi connectivity index (χ1v) is 7.00. The SMILES string of the molecule is CC(C)N1C(=O)CC(Nc2ccc(C(F)(F)F)cc2[N+](=O)[O-])C1=O. The molecule has 1 heterocycles. The van der Waals surface area contributed by atoms with Gasteiger partial charge in [-0.15, -0.1) is 0 Å². The molecule has 1 aliphatic heterocycles. The van der Waals surface area contributed by atoms with Gasteiger partial charge in [-0.2, -0.15) is 13.2 Å². The number of nitrogens with zero attached hydrogens (tertiary/aromatic N) is 2. The van der Waals surface area contributed by atoms with E-state index >= 15 is 0 Å². The Labute approximate surface area is 134 Å². The first-order valence-electron chi connectivity index (χ1n) is 7.00. The van der Waals surface area contributed by atoms with Crippen molar-refractivity contribution in [2.45, 2.75) is 38.5 Å². The molecule has 10 heteroatoms. The second kappa shape index (κ2) is 6.10. The molecule has 0 spiro atoms. The van der Waals surface area contributed by atoms with E-state index in [2.05, 4.69) is 5.32 Å². The molecule has 7 nitrogen and oxygen atoms in total. The van der Waals surface area contributed by atoms with Gasteiger partial charge in [0.2, 0.25) is 5.91 Å². The summed E-state index contributed by atoms with van der Waals surface area (Å²) in [5, 5.41) is 13.5. The largest absolute Gasteiger partial charge is 0.416 e. The normalized spacial score (nSPS) is 18.4. The molecule has 1 atom stereocenters. The van der Waals surface area contributed by atoms with Crippen molar-refractivity contribution in [3.63, 3.8) is 0 Å². The van der Waals surface area contributed by atoms with Crippen LogP contribution in [0, 0.1) is 10.1 Å². The Balaban J connectivity index is 2.32. The van der Waals surface area contributed by atoms with Gasteiger partial charge in [0.05, 0.1) is 16.9 Å². The van der Waals surface area contributed by atoms with Gasteiger partial charge in [0.1, 0.15) is 11.7 Å². The number of halogens is 3. The average Bonchev–Trinajstić information content (AvgIpc) is 2.72. The van der Waals surface area contributed by atoms with Crippen LogP contribution in [-0.2, 0) is 15.8 Å². The fourth-order valence-corrected chi connectivity index (χ4v) is 2.48. The fourth-order valence-electron chi connectivity index (χ4n) is 2.48. The van der Waals surface area contributed by atoms with Crippen LogP contribution in [-0.4, -0.2) is 33.7 Å². The number of nitrogens with one attached hydrogen (secondary N) is 1. The Hall–Kier alpha value is -2.65. The molecule has 2 amide bonds. The lowest BCUT2D eigenvalue weighted by Gasteiger charge is -2.19. The minimum absolute atomic E-state index is 0.213. The zero-order chi connectivity index (χ0) is 18.2. The van der Waals surface area contributed by atoms with Crippen LogP contribution in [0.3, 0.4) is 0 Å². The molecule has 1 saturated heterocycles. The maximum atomic E-state index is 12.7. The third-order valence-electron chi connectivity index (χ3n) is 3.55. The summed E-state index contributed by atoms with van der Waals surface area (Å²) in [7, 11) is 0. The highest BCUT2D eigenvalue weighted by molar-refractivity contribution is 6.07. The standard InChI is InChI=1S/C14H14F3N3O4/c1-7(2)19-12(21)6-10(13(19)22)18-9-4-3-8(14(15,16)17)5-11(9)20(23)24/h3-5,7,10,18H,6H2,1-2H3. The van der Waals surface area contributed by atoms with Gasteiger partial charge in [-0.1, -0.05) is 0 Å². The first-order chi connectivity index (χ1) is 11.0. The molecule has 0 saturated carbocycles. The van der Waals surface area contributed by atoms with Gasteiger partial charge in [-0.25, -0.2) is 0 Å². The van der Waals surface area contributed by atoms with E-state index in [1.807, 2.05) is 0 Å². The third-order valence-corrected chi connectivity index (χ3v) is 3.55. The molecule has 1 aliphatic rings. The van der Waals surface area contributed by atoms with Crippen molar-refractivity contribution >= 4 is 23.2 Å². The summed E-state index contributed by atoms with van der Waals surface area (Å²) in [5.41, 5.74) is -2.23. The molecule has 0 aromatic heterocycles. The summed E-state index contributed by atoms with van der Waals surface area (Å²) < 4.78 is 38.0. The Morgan fingerprint density at radius 1 is 1.33 bits per heavy atom. The van der Waals surface area contributed by atoms with E-state index < -0.39 is 40.2 Å². The summed E-state index contributed by atoms with van der Waals surface area (Å²) in [4.78, 5) is 35.1. The van der Waals surface area contributed by atoms with Gasteiger partial charge < -0.3 is 5.32 Å². The fraction of sp³-hybridized carbons (Fsp3) is 0.429. The van der Waals surface area contributed by atoms with Crippen molar-refractivity contribution in [1.82, 2.24) is 4.90 Å². The molecular formula is C14H14F3N3O4. The molecule has 1 unspecified atom stereocenters. The number of carbonyl (C=O) groups is 2. The van der Waals surface area contributed by atoms with Crippen LogP contribution in [0.15, 0.2) is 18.2 Å². The van der Waals surface area contributed by atoms with Crippen molar-refractivity contribution in [1.29, 1.82) is 0 Å². The van der Waals surface area contributed by atoms with Gasteiger partial charge in [-0.3, -0.25) is 24.6 Å². The highest BCUT2D eigenvalue weighted by Gasteiger charge is 2.41. The molecular weight excluding hydrogens is 331 g/mol. The summed E-state index contributed by atoms with van der Waals surface area (Å²) in [6, 6.07) is 0.534. The lowest BCUT2D eigenvalue weighted by molar-refractivity contribution is -0.384. The van der Waals surface area contributed by atoms with Crippen molar-refractivity contribution in [2.24, 2.45) is 0 Å². The molecule has 0 radical (unpaired) electrons. The van der Waals surface area contributed by atoms with Crippen LogP contribution in [0.5, 0.6) is 0 Å². The van der Waals surface area contributed by atoms with Gasteiger partial charge in [0, 0.05) is 12.1 Å². The van der Waals surface area contributed by atoms with Crippen LogP contribution in [0.1, 0.15) is 25.8 Å². The van der Waals surface area contributed by atoms with E-state index in [0.717, 1.165) is 11.0 Å². The molecule has 130 valence electrons. The zero-order valence-corrected chi connectivity index (χ0v) is 12.8. The van der Waals surface area contributed by atoms with E-state index in [4.69, 9.17) is 0 Å². The quantitative estimate of drug-likeness (QED) is 0.514. The van der Waals surface area contributed by atoms with Crippen LogP contribution in [0.25, 0.3) is 0 Å². The van der Waals surface area contributed by atoms with Gasteiger partial charge in [-0.05, 0) is 26.0 Å². The number of nitro groups is 1. The van der Waals surface area contributed by atoms with Gasteiger partial charge in [0.15, 0.2) is 0 Å². The molecule has 1 aromatic carbocycles. The van der Waals surface area contributed by atoms with Crippen LogP contribution in [0.4, 0.5) is 24.5 Å². The van der Waals surface area contributed by atoms with Crippen molar-refractivity contribution in [2.75, 3.05) is 5.32 Å². The molecule has 1 fully saturated rings. The average molecular weight is 345 g/mol. The third kappa shape index (κ3) is 3.31. The summed E-state index contributed by atoms with van der Waals surface area (Å²) >= 11 is 0. The smallest absolute Gasteiger partial charge is 0.368 e. The lowest BCUT2D eigenvalue weighted by atomic mass is 10.1. The second-order valence-corrected chi connectivity index (χ2v) is 5.58. The van der Waals surface area contributed by atoms with Crippen molar-refractivity contribution in [3.8, 4) is 0 Å². The Morgan fingerprint density at radius 3 is 2.42 bits per heavy atom. The highest BCUT2D eigenvalue weighted by atomic mass is 19.4. The summed E-state index contributed by atoms with van der Waals surface area (Å²) in [5.74, 6) is -1.01. The number of carbonyl (C=O) groups excluding carboxylic acids is 2. The van der Waals surface area contributed by atoms with Crippen LogP contribution in [0.2, 0.25) is 0 Å². The first kappa shape index (κ1) is 17.7. The molecule has 0 aliphatic carbocycles. The highest BCUT2D eigenvalue weighted by Crippen LogP contribution is 2.35. The molecule has 1 aromatic rings. The lowest BCUT2D eigenvalue weighted by Crippen LogP contribution is -2.39. The van der Waals surface area contributed by atoms with Crippen molar-refractivity contribution in [3.05, 3.63) is 33.9 Å². The predicted molar refractivity (Wildman–Crippen MR) is 77.1 cm³/mol. The Morgan fingerprint density at radius 2 is 1.96 bits per heavy atom. The molecule has 1 N–H and O–H groups in total. The van der Waals surface area contributed by atoms with E-state index in [9.17, 15) is 32.9 Å². The van der Waals surface area contributed by atoms with Crippen LogP contribution >= 0.6 is 0 Å². The van der Waals surface area contributed by atoms with Gasteiger partial charge in [0.25, 0.3) is 11.6 Å². The number of imide groups is 1. The maximum absolute atomic E-state index is 12.7. The van der Waals surface area contributed by atoms with E-state index in [1.54, 1.807) is 13.8 Å². The molecule has 2 rings (SSSR count). The van der Waals surface area contributed by atoms with Gasteiger partial charge >= 0.3 is 6.18 Å². The number of nitro benzene ring substituents is 1. The Kier molecular flexibility index (Phi) is 4.50. The predicted octanol–water partition coefficient (Wildman–Crippen LogP) is 2.56. The minimum Gasteiger partial charge on any atom is -0.368 e. The van der Waals surface area contributed by atoms with Crippen LogP contribution < -0.4 is 5.32 Å². The minimum atomic E-state index is -4.73. The number of alkyl halides is 3. The number of amides is 2. The summed E-state index contributed by atoms with van der Waals surface area (Å²) in [6.07, 6.45) is -4.94. The van der Waals surface area contributed by atoms with Crippen molar-refractivity contribution < 1.29 is 27.7 Å². The second-order valence-electron chi connectivity index (χ2n) is 5.58. The molecule has 24 heavy (non-hydrogen) atoms. The van der Waals surface area contributed by atoms with E-state index in [-0.39, 0.29) is 18.2 Å². The number of benzene rings is 1. The Bertz CT molecular complexity index is 703. The number of likely N-dealkylation sites (tertiary alicyclic amines) is 1. The topological polar surface area (TPSA) is 92.6 Å². The monoisotopic (exact) mass is 345 g/mol. The zero-order valence-electron chi connectivity index (χ0n) is 12.8. The van der Waals surface area contributed by atoms with E-state index in [0.29, 0.717) is 12.1 Å².